The third kappa shape index (κ3) is 3.25. The van der Waals surface area contributed by atoms with Crippen molar-refractivity contribution in [1.29, 1.82) is 0 Å². The molecule has 6 nitrogen and oxygen atoms in total. The molecule has 1 heterocycles. The van der Waals surface area contributed by atoms with E-state index in [1.807, 2.05) is 0 Å². The quantitative estimate of drug-likeness (QED) is 0.867. The van der Waals surface area contributed by atoms with Crippen LogP contribution in [0, 0.1) is 0 Å². The second-order valence-electron chi connectivity index (χ2n) is 5.30. The van der Waals surface area contributed by atoms with E-state index in [2.05, 4.69) is 5.32 Å². The van der Waals surface area contributed by atoms with Crippen LogP contribution in [0.3, 0.4) is 0 Å². The van der Waals surface area contributed by atoms with Crippen molar-refractivity contribution in [2.45, 2.75) is 37.6 Å². The van der Waals surface area contributed by atoms with E-state index in [1.54, 1.807) is 26.0 Å². The summed E-state index contributed by atoms with van der Waals surface area (Å²) in [6, 6.07) is 4.76. The number of carbonyl (C=O) groups is 1. The molecular weight excluding hydrogens is 304 g/mol. The Labute approximate surface area is 131 Å². The molecule has 0 aromatic heterocycles. The Morgan fingerprint density at radius 3 is 2.64 bits per heavy atom. The summed E-state index contributed by atoms with van der Waals surface area (Å²) in [5.41, 5.74) is 1.19. The lowest BCUT2D eigenvalue weighted by molar-refractivity contribution is 0.202. The highest BCUT2D eigenvalue weighted by atomic mass is 32.2. The number of hydrogen-bond donors (Lipinski definition) is 2. The smallest absolute Gasteiger partial charge is 0.411 e. The summed E-state index contributed by atoms with van der Waals surface area (Å²) < 4.78 is 24.6. The van der Waals surface area contributed by atoms with Gasteiger partial charge in [-0.1, -0.05) is 6.92 Å². The summed E-state index contributed by atoms with van der Waals surface area (Å²) in [6.07, 6.45) is 0.796. The van der Waals surface area contributed by atoms with Crippen LogP contribution in [0.1, 0.15) is 38.3 Å². The molecule has 1 fully saturated rings. The van der Waals surface area contributed by atoms with E-state index in [-0.39, 0.29) is 11.8 Å². The van der Waals surface area contributed by atoms with Crippen molar-refractivity contribution < 1.29 is 18.3 Å². The average Bonchev–Trinajstić information content (AvgIpc) is 3.01. The van der Waals surface area contributed by atoms with Gasteiger partial charge in [-0.25, -0.2) is 13.2 Å². The number of amides is 1. The predicted octanol–water partition coefficient (Wildman–Crippen LogP) is 2.41. The third-order valence-electron chi connectivity index (χ3n) is 4.00. The van der Waals surface area contributed by atoms with Crippen molar-refractivity contribution in [3.05, 3.63) is 23.8 Å². The zero-order chi connectivity index (χ0) is 16.3. The fraction of sp³-hybridized carbons (Fsp3) is 0.533. The summed E-state index contributed by atoms with van der Waals surface area (Å²) in [5.74, 6) is 0.0302. The van der Waals surface area contributed by atoms with Gasteiger partial charge < -0.3 is 10.4 Å². The van der Waals surface area contributed by atoms with Gasteiger partial charge in [-0.05, 0) is 50.1 Å². The number of nitrogens with zero attached hydrogens (tertiary/aromatic N) is 1. The predicted molar refractivity (Wildman–Crippen MR) is 85.2 cm³/mol. The topological polar surface area (TPSA) is 86.7 Å². The van der Waals surface area contributed by atoms with Crippen LogP contribution in [0.4, 0.5) is 10.5 Å². The maximum Gasteiger partial charge on any atom is 0.411 e. The van der Waals surface area contributed by atoms with Crippen LogP contribution in [0.5, 0.6) is 0 Å². The minimum Gasteiger partial charge on any atom is -0.465 e. The van der Waals surface area contributed by atoms with E-state index >= 15 is 0 Å². The molecule has 1 unspecified atom stereocenters. The van der Waals surface area contributed by atoms with Gasteiger partial charge in [0.05, 0.1) is 10.6 Å². The van der Waals surface area contributed by atoms with Crippen molar-refractivity contribution in [3.63, 3.8) is 0 Å². The molecule has 2 N–H and O–H groups in total. The highest BCUT2D eigenvalue weighted by molar-refractivity contribution is 7.91. The van der Waals surface area contributed by atoms with E-state index in [0.29, 0.717) is 22.7 Å². The Balaban J connectivity index is 2.55. The summed E-state index contributed by atoms with van der Waals surface area (Å²) in [5, 5.41) is 12.5. The van der Waals surface area contributed by atoms with Crippen molar-refractivity contribution in [2.75, 3.05) is 23.7 Å². The summed E-state index contributed by atoms with van der Waals surface area (Å²) in [7, 11) is -3.34. The van der Waals surface area contributed by atoms with Gasteiger partial charge in [0, 0.05) is 18.3 Å². The number of carboxylic acid groups (broad SMARTS) is 1. The van der Waals surface area contributed by atoms with Gasteiger partial charge in [0.1, 0.15) is 0 Å². The van der Waals surface area contributed by atoms with E-state index in [4.69, 9.17) is 0 Å². The number of nitrogens with one attached hydrogen (secondary N) is 1. The lowest BCUT2D eigenvalue weighted by Gasteiger charge is -2.22. The first kappa shape index (κ1) is 16.8. The van der Waals surface area contributed by atoms with Crippen molar-refractivity contribution >= 4 is 21.6 Å². The lowest BCUT2D eigenvalue weighted by Crippen LogP contribution is -2.29. The van der Waals surface area contributed by atoms with Gasteiger partial charge in [-0.2, -0.15) is 0 Å². The number of anilines is 1. The monoisotopic (exact) mass is 326 g/mol. The molecule has 1 amide bonds. The maximum absolute atomic E-state index is 12.3. The Kier molecular flexibility index (Phi) is 5.08. The average molecular weight is 326 g/mol. The molecule has 1 aliphatic rings. The summed E-state index contributed by atoms with van der Waals surface area (Å²) in [4.78, 5) is 12.8. The maximum atomic E-state index is 12.3. The van der Waals surface area contributed by atoms with Crippen LogP contribution in [-0.2, 0) is 9.84 Å². The minimum atomic E-state index is -3.34. The number of hydrogen-bond acceptors (Lipinski definition) is 4. The molecular formula is C15H22N2O4S. The Bertz CT molecular complexity index is 652. The van der Waals surface area contributed by atoms with Gasteiger partial charge >= 0.3 is 6.09 Å². The Morgan fingerprint density at radius 1 is 1.41 bits per heavy atom. The first-order valence-corrected chi connectivity index (χ1v) is 9.16. The molecule has 0 radical (unpaired) electrons. The van der Waals surface area contributed by atoms with Gasteiger partial charge in [0.2, 0.25) is 0 Å². The fourth-order valence-corrected chi connectivity index (χ4v) is 3.94. The Hall–Kier alpha value is -1.60. The molecule has 0 saturated carbocycles. The van der Waals surface area contributed by atoms with Crippen LogP contribution in [0.2, 0.25) is 0 Å². The van der Waals surface area contributed by atoms with E-state index in [9.17, 15) is 18.3 Å². The molecule has 7 heteroatoms. The van der Waals surface area contributed by atoms with Crippen LogP contribution in [0.15, 0.2) is 23.1 Å². The minimum absolute atomic E-state index is 0.0302. The molecule has 1 aromatic carbocycles. The van der Waals surface area contributed by atoms with Crippen molar-refractivity contribution in [1.82, 2.24) is 5.32 Å². The summed E-state index contributed by atoms with van der Waals surface area (Å²) >= 11 is 0. The zero-order valence-corrected chi connectivity index (χ0v) is 13.7. The molecule has 22 heavy (non-hydrogen) atoms. The van der Waals surface area contributed by atoms with Crippen molar-refractivity contribution in [2.24, 2.45) is 0 Å². The fourth-order valence-electron chi connectivity index (χ4n) is 2.79. The zero-order valence-electron chi connectivity index (χ0n) is 12.9. The molecule has 1 aromatic rings. The summed E-state index contributed by atoms with van der Waals surface area (Å²) in [6.45, 7) is 4.52. The Morgan fingerprint density at radius 2 is 2.14 bits per heavy atom. The van der Waals surface area contributed by atoms with E-state index in [0.717, 1.165) is 19.4 Å². The SMILES string of the molecule is CCN(C(=O)O)c1ccc(S(=O)(=O)CC)c(C2CCCN2)c1. The van der Waals surface area contributed by atoms with E-state index < -0.39 is 15.9 Å². The lowest BCUT2D eigenvalue weighted by atomic mass is 10.0. The first-order chi connectivity index (χ1) is 10.4. The van der Waals surface area contributed by atoms with Crippen LogP contribution < -0.4 is 10.2 Å². The number of sulfone groups is 1. The molecule has 2 rings (SSSR count). The largest absolute Gasteiger partial charge is 0.465 e. The molecule has 1 atom stereocenters. The number of benzene rings is 1. The molecule has 1 aliphatic heterocycles. The van der Waals surface area contributed by atoms with Crippen molar-refractivity contribution in [3.8, 4) is 0 Å². The van der Waals surface area contributed by atoms with Gasteiger partial charge in [-0.15, -0.1) is 0 Å². The highest BCUT2D eigenvalue weighted by Crippen LogP contribution is 2.32. The number of rotatable bonds is 5. The van der Waals surface area contributed by atoms with Crippen LogP contribution in [0.25, 0.3) is 0 Å². The second kappa shape index (κ2) is 6.66. The highest BCUT2D eigenvalue weighted by Gasteiger charge is 2.26. The molecule has 0 spiro atoms. The molecule has 0 bridgehead atoms. The molecule has 1 saturated heterocycles. The first-order valence-electron chi connectivity index (χ1n) is 7.51. The van der Waals surface area contributed by atoms with E-state index in [1.165, 1.54) is 11.0 Å². The van der Waals surface area contributed by atoms with Crippen LogP contribution in [-0.4, -0.2) is 38.5 Å². The molecule has 0 aliphatic carbocycles. The van der Waals surface area contributed by atoms with Crippen LogP contribution >= 0.6 is 0 Å². The van der Waals surface area contributed by atoms with Gasteiger partial charge in [0.25, 0.3) is 0 Å². The van der Waals surface area contributed by atoms with Gasteiger partial charge in [0.15, 0.2) is 9.84 Å². The molecule has 122 valence electrons. The third-order valence-corrected chi connectivity index (χ3v) is 5.80. The normalized spacial score (nSPS) is 18.4. The standard InChI is InChI=1S/C15H22N2O4S/c1-3-17(15(18)19)11-7-8-14(22(20,21)4-2)12(10-11)13-6-5-9-16-13/h7-8,10,13,16H,3-6,9H2,1-2H3,(H,18,19). The second-order valence-corrected chi connectivity index (χ2v) is 7.55. The van der Waals surface area contributed by atoms with Gasteiger partial charge in [-0.3, -0.25) is 4.90 Å².